The van der Waals surface area contributed by atoms with Crippen LogP contribution in [0.2, 0.25) is 0 Å². The molecule has 78 valence electrons. The zero-order chi connectivity index (χ0) is 10.8. The number of carbonyl (C=O) groups is 1. The molecule has 0 spiro atoms. The van der Waals surface area contributed by atoms with Crippen molar-refractivity contribution in [2.75, 3.05) is 6.54 Å². The summed E-state index contributed by atoms with van der Waals surface area (Å²) in [7, 11) is 0. The van der Waals surface area contributed by atoms with Gasteiger partial charge in [0.25, 0.3) is 5.91 Å². The molecule has 1 N–H and O–H groups in total. The first kappa shape index (κ1) is 11.6. The van der Waals surface area contributed by atoms with Crippen molar-refractivity contribution in [1.29, 1.82) is 0 Å². The molecule has 0 radical (unpaired) electrons. The number of furan rings is 1. The van der Waals surface area contributed by atoms with E-state index in [2.05, 4.69) is 31.9 Å². The fraction of sp³-hybridized carbons (Fsp3) is 0.286. The summed E-state index contributed by atoms with van der Waals surface area (Å²) < 4.78 is 29.8. The Balaban J connectivity index is 2.56. The highest BCUT2D eigenvalue weighted by Gasteiger charge is 2.25. The van der Waals surface area contributed by atoms with E-state index in [-0.39, 0.29) is 5.76 Å². The van der Waals surface area contributed by atoms with Crippen LogP contribution < -0.4 is 5.32 Å². The third-order valence-corrected chi connectivity index (χ3v) is 2.18. The van der Waals surface area contributed by atoms with Crippen molar-refractivity contribution in [3.05, 3.63) is 22.6 Å². The molecule has 1 aromatic rings. The number of carbonyl (C=O) groups excluding carboxylic acids is 1. The fourth-order valence-corrected chi connectivity index (χ4v) is 1.24. The molecule has 0 bridgehead atoms. The first-order chi connectivity index (χ1) is 6.40. The summed E-state index contributed by atoms with van der Waals surface area (Å²) in [4.78, 5) is 8.07. The minimum absolute atomic E-state index is 0.0262. The molecule has 0 atom stereocenters. The van der Waals surface area contributed by atoms with E-state index in [0.717, 1.165) is 0 Å². The van der Waals surface area contributed by atoms with Crippen LogP contribution in [-0.4, -0.2) is 17.3 Å². The summed E-state index contributed by atoms with van der Waals surface area (Å²) in [6, 6.07) is 1.50. The molecule has 0 aromatic carbocycles. The van der Waals surface area contributed by atoms with Gasteiger partial charge in [-0.25, -0.2) is 0 Å². The molecule has 1 rings (SSSR count). The van der Waals surface area contributed by atoms with Crippen LogP contribution in [0.1, 0.15) is 10.6 Å². The van der Waals surface area contributed by atoms with E-state index in [1.54, 1.807) is 0 Å². The van der Waals surface area contributed by atoms with Gasteiger partial charge in [0, 0.05) is 0 Å². The van der Waals surface area contributed by atoms with Crippen molar-refractivity contribution in [1.82, 2.24) is 5.32 Å². The van der Waals surface area contributed by atoms with Crippen LogP contribution in [0.3, 0.4) is 0 Å². The summed E-state index contributed by atoms with van der Waals surface area (Å²) in [5, 5.41) is 2.01. The zero-order valence-corrected chi connectivity index (χ0v) is 9.86. The van der Waals surface area contributed by atoms with Gasteiger partial charge in [0.05, 0.1) is 17.3 Å². The van der Waals surface area contributed by atoms with Crippen molar-refractivity contribution in [3.8, 4) is 0 Å². The predicted molar refractivity (Wildman–Crippen MR) is 52.6 cm³/mol. The molecule has 1 aromatic heterocycles. The Bertz CT molecular complexity index is 335. The van der Waals surface area contributed by atoms with Gasteiger partial charge in [-0.15, -0.1) is 0 Å². The van der Waals surface area contributed by atoms with Gasteiger partial charge in [0.15, 0.2) is 0 Å². The maximum Gasteiger partial charge on any atom is 0.318 e. The number of halogens is 4. The normalized spacial score (nSPS) is 11.4. The van der Waals surface area contributed by atoms with E-state index in [0.29, 0.717) is 4.47 Å². The molecule has 1 amide bonds. The molecular weight excluding hydrogens is 328 g/mol. The van der Waals surface area contributed by atoms with Crippen LogP contribution in [0.25, 0.3) is 0 Å². The molecule has 0 unspecified atom stereocenters. The topological polar surface area (TPSA) is 42.2 Å². The molecule has 0 saturated heterocycles. The highest BCUT2D eigenvalue weighted by Crippen LogP contribution is 2.21. The minimum Gasteiger partial charge on any atom is -0.458 e. The molecule has 14 heavy (non-hydrogen) atoms. The number of rotatable bonds is 3. The third-order valence-electron chi connectivity index (χ3n) is 1.27. The van der Waals surface area contributed by atoms with Gasteiger partial charge < -0.3 is 9.73 Å². The Morgan fingerprint density at radius 2 is 2.29 bits per heavy atom. The molecular formula is C7H5Br2F2NO2. The summed E-state index contributed by atoms with van der Waals surface area (Å²) in [5.41, 5.74) is 0. The molecule has 0 aliphatic heterocycles. The number of hydrogen-bond donors (Lipinski definition) is 1. The number of amides is 1. The van der Waals surface area contributed by atoms with Gasteiger partial charge in [-0.05, 0) is 37.9 Å². The van der Waals surface area contributed by atoms with Crippen LogP contribution in [0.5, 0.6) is 0 Å². The quantitative estimate of drug-likeness (QED) is 0.865. The Morgan fingerprint density at radius 1 is 1.64 bits per heavy atom. The van der Waals surface area contributed by atoms with Gasteiger partial charge in [0.1, 0.15) is 0 Å². The minimum atomic E-state index is -3.11. The monoisotopic (exact) mass is 331 g/mol. The smallest absolute Gasteiger partial charge is 0.318 e. The lowest BCUT2D eigenvalue weighted by molar-refractivity contribution is 0.0812. The van der Waals surface area contributed by atoms with Crippen LogP contribution in [-0.2, 0) is 0 Å². The number of alkyl halides is 3. The van der Waals surface area contributed by atoms with Crippen LogP contribution in [0.15, 0.2) is 21.2 Å². The summed E-state index contributed by atoms with van der Waals surface area (Å²) >= 11 is 5.13. The van der Waals surface area contributed by atoms with Gasteiger partial charge >= 0.3 is 4.83 Å². The SMILES string of the molecule is O=C(NCC(F)(F)Br)c1occc1Br. The Hall–Kier alpha value is -0.430. The Labute approximate surface area is 95.1 Å². The summed E-state index contributed by atoms with van der Waals surface area (Å²) in [6.45, 7) is -0.793. The standard InChI is InChI=1S/C7H5Br2F2NO2/c8-4-1-2-14-5(4)6(13)12-3-7(9,10)11/h1-2H,3H2,(H,12,13). The van der Waals surface area contributed by atoms with Crippen molar-refractivity contribution in [2.45, 2.75) is 4.83 Å². The maximum atomic E-state index is 12.3. The predicted octanol–water partition coefficient (Wildman–Crippen LogP) is 2.76. The van der Waals surface area contributed by atoms with Gasteiger partial charge in [-0.3, -0.25) is 4.79 Å². The van der Waals surface area contributed by atoms with Gasteiger partial charge in [-0.2, -0.15) is 8.78 Å². The van der Waals surface area contributed by atoms with Crippen molar-refractivity contribution in [2.24, 2.45) is 0 Å². The van der Waals surface area contributed by atoms with E-state index in [4.69, 9.17) is 4.42 Å². The van der Waals surface area contributed by atoms with Gasteiger partial charge in [0.2, 0.25) is 5.76 Å². The van der Waals surface area contributed by atoms with Crippen molar-refractivity contribution < 1.29 is 18.0 Å². The highest BCUT2D eigenvalue weighted by atomic mass is 79.9. The second-order valence-corrected chi connectivity index (χ2v) is 4.41. The van der Waals surface area contributed by atoms with E-state index in [1.807, 2.05) is 5.32 Å². The lowest BCUT2D eigenvalue weighted by Gasteiger charge is -2.08. The van der Waals surface area contributed by atoms with E-state index < -0.39 is 17.3 Å². The average molecular weight is 333 g/mol. The summed E-state index contributed by atoms with van der Waals surface area (Å²) in [6.07, 6.45) is 1.28. The van der Waals surface area contributed by atoms with Crippen molar-refractivity contribution in [3.63, 3.8) is 0 Å². The lowest BCUT2D eigenvalue weighted by Crippen LogP contribution is -2.32. The average Bonchev–Trinajstić information content (AvgIpc) is 2.46. The van der Waals surface area contributed by atoms with Crippen LogP contribution in [0, 0.1) is 0 Å². The largest absolute Gasteiger partial charge is 0.458 e. The molecule has 0 aliphatic carbocycles. The molecule has 3 nitrogen and oxygen atoms in total. The van der Waals surface area contributed by atoms with E-state index >= 15 is 0 Å². The second kappa shape index (κ2) is 4.39. The fourth-order valence-electron chi connectivity index (χ4n) is 0.717. The molecule has 0 saturated carbocycles. The van der Waals surface area contributed by atoms with Gasteiger partial charge in [-0.1, -0.05) is 0 Å². The molecule has 1 heterocycles. The highest BCUT2D eigenvalue weighted by molar-refractivity contribution is 9.10. The number of nitrogens with one attached hydrogen (secondary N) is 1. The molecule has 0 aliphatic rings. The third kappa shape index (κ3) is 3.38. The van der Waals surface area contributed by atoms with E-state index in [9.17, 15) is 13.6 Å². The first-order valence-corrected chi connectivity index (χ1v) is 5.06. The Kier molecular flexibility index (Phi) is 3.65. The van der Waals surface area contributed by atoms with Crippen molar-refractivity contribution >= 4 is 37.8 Å². The zero-order valence-electron chi connectivity index (χ0n) is 6.69. The molecule has 0 fully saturated rings. The van der Waals surface area contributed by atoms with Crippen LogP contribution in [0.4, 0.5) is 8.78 Å². The maximum absolute atomic E-state index is 12.3. The molecule has 7 heteroatoms. The Morgan fingerprint density at radius 3 is 2.71 bits per heavy atom. The second-order valence-electron chi connectivity index (χ2n) is 2.40. The van der Waals surface area contributed by atoms with E-state index in [1.165, 1.54) is 12.3 Å². The summed E-state index contributed by atoms with van der Waals surface area (Å²) in [5.74, 6) is -0.720. The lowest BCUT2D eigenvalue weighted by atomic mass is 10.4. The van der Waals surface area contributed by atoms with Crippen LogP contribution >= 0.6 is 31.9 Å². The number of hydrogen-bond acceptors (Lipinski definition) is 2. The first-order valence-electron chi connectivity index (χ1n) is 3.48.